The van der Waals surface area contributed by atoms with Gasteiger partial charge in [0.2, 0.25) is 0 Å². The van der Waals surface area contributed by atoms with Crippen LogP contribution in [-0.4, -0.2) is 33.0 Å². The van der Waals surface area contributed by atoms with Crippen LogP contribution >= 0.6 is 0 Å². The van der Waals surface area contributed by atoms with Crippen LogP contribution in [0.4, 0.5) is 13.2 Å². The summed E-state index contributed by atoms with van der Waals surface area (Å²) >= 11 is 0. The molecule has 0 bridgehead atoms. The van der Waals surface area contributed by atoms with Crippen LogP contribution in [0.15, 0.2) is 12.1 Å². The van der Waals surface area contributed by atoms with E-state index < -0.39 is 24.6 Å². The molecule has 0 atom stereocenters. The summed E-state index contributed by atoms with van der Waals surface area (Å²) in [6.07, 6.45) is 3.01. The van der Waals surface area contributed by atoms with Crippen LogP contribution in [0.2, 0.25) is 0 Å². The van der Waals surface area contributed by atoms with Crippen LogP contribution in [0.5, 0.6) is 0 Å². The standard InChI is InChI=1S/C14H18BF3O3/c1-2-3-4-5-19-11-8-20-15(21-9-11)10-6-12(16)14(18)13(17)7-10/h6-7,11H,2-5,8-9H2,1H3. The molecule has 1 heterocycles. The van der Waals surface area contributed by atoms with Gasteiger partial charge in [0.1, 0.15) is 6.10 Å². The van der Waals surface area contributed by atoms with E-state index >= 15 is 0 Å². The predicted molar refractivity (Wildman–Crippen MR) is 72.9 cm³/mol. The summed E-state index contributed by atoms with van der Waals surface area (Å²) in [7, 11) is -0.898. The first-order valence-electron chi connectivity index (χ1n) is 7.11. The lowest BCUT2D eigenvalue weighted by Crippen LogP contribution is -2.47. The van der Waals surface area contributed by atoms with Crippen molar-refractivity contribution in [2.45, 2.75) is 32.3 Å². The Hall–Kier alpha value is -1.05. The number of hydrogen-bond donors (Lipinski definition) is 0. The summed E-state index contributed by atoms with van der Waals surface area (Å²) in [5, 5.41) is 0. The molecule has 0 saturated carbocycles. The zero-order valence-corrected chi connectivity index (χ0v) is 11.9. The number of benzene rings is 1. The molecular formula is C14H18BF3O3. The van der Waals surface area contributed by atoms with Crippen molar-refractivity contribution in [3.63, 3.8) is 0 Å². The van der Waals surface area contributed by atoms with Crippen LogP contribution in [0, 0.1) is 17.5 Å². The van der Waals surface area contributed by atoms with E-state index in [1.807, 2.05) is 0 Å². The Morgan fingerprint density at radius 3 is 2.33 bits per heavy atom. The van der Waals surface area contributed by atoms with Crippen molar-refractivity contribution >= 4 is 12.6 Å². The fourth-order valence-electron chi connectivity index (χ4n) is 2.09. The molecule has 1 aliphatic rings. The minimum Gasteiger partial charge on any atom is -0.404 e. The molecule has 1 saturated heterocycles. The molecule has 1 fully saturated rings. The van der Waals surface area contributed by atoms with Gasteiger partial charge >= 0.3 is 7.12 Å². The quantitative estimate of drug-likeness (QED) is 0.459. The predicted octanol–water partition coefficient (Wildman–Crippen LogP) is 2.42. The van der Waals surface area contributed by atoms with E-state index in [-0.39, 0.29) is 24.8 Å². The van der Waals surface area contributed by atoms with Crippen LogP contribution in [0.25, 0.3) is 0 Å². The number of unbranched alkanes of at least 4 members (excludes halogenated alkanes) is 2. The highest BCUT2D eigenvalue weighted by Gasteiger charge is 2.31. The molecule has 0 spiro atoms. The first-order chi connectivity index (χ1) is 10.1. The van der Waals surface area contributed by atoms with Crippen molar-refractivity contribution < 1.29 is 27.2 Å². The molecule has 1 aromatic carbocycles. The smallest absolute Gasteiger partial charge is 0.404 e. The molecule has 0 unspecified atom stereocenters. The number of ether oxygens (including phenoxy) is 1. The Morgan fingerprint density at radius 2 is 1.76 bits per heavy atom. The average molecular weight is 302 g/mol. The topological polar surface area (TPSA) is 27.7 Å². The van der Waals surface area contributed by atoms with Gasteiger partial charge in [-0.3, -0.25) is 0 Å². The number of halogens is 3. The first-order valence-corrected chi connectivity index (χ1v) is 7.11. The second-order valence-corrected chi connectivity index (χ2v) is 5.00. The number of rotatable bonds is 6. The van der Waals surface area contributed by atoms with E-state index in [0.717, 1.165) is 31.4 Å². The fourth-order valence-corrected chi connectivity index (χ4v) is 2.09. The summed E-state index contributed by atoms with van der Waals surface area (Å²) in [5.41, 5.74) is 0.121. The molecule has 0 amide bonds. The fraction of sp³-hybridized carbons (Fsp3) is 0.571. The Morgan fingerprint density at radius 1 is 1.14 bits per heavy atom. The molecule has 1 aromatic rings. The molecular weight excluding hydrogens is 284 g/mol. The molecule has 2 rings (SSSR count). The maximum Gasteiger partial charge on any atom is 0.494 e. The molecule has 3 nitrogen and oxygen atoms in total. The molecule has 1 aliphatic heterocycles. The van der Waals surface area contributed by atoms with Crippen LogP contribution in [0.3, 0.4) is 0 Å². The highest BCUT2D eigenvalue weighted by Crippen LogP contribution is 2.12. The van der Waals surface area contributed by atoms with Gasteiger partial charge in [0.15, 0.2) is 17.5 Å². The summed E-state index contributed by atoms with van der Waals surface area (Å²) in [5.74, 6) is -4.00. The first kappa shape index (κ1) is 16.3. The summed E-state index contributed by atoms with van der Waals surface area (Å²) in [4.78, 5) is 0. The van der Waals surface area contributed by atoms with E-state index in [9.17, 15) is 13.2 Å². The van der Waals surface area contributed by atoms with E-state index in [1.165, 1.54) is 0 Å². The molecule has 0 aliphatic carbocycles. The summed E-state index contributed by atoms with van der Waals surface area (Å²) in [6, 6.07) is 1.76. The van der Waals surface area contributed by atoms with Gasteiger partial charge in [-0.2, -0.15) is 0 Å². The van der Waals surface area contributed by atoms with E-state index in [1.54, 1.807) is 0 Å². The minimum absolute atomic E-state index is 0.121. The lowest BCUT2D eigenvalue weighted by Gasteiger charge is -2.27. The highest BCUT2D eigenvalue weighted by molar-refractivity contribution is 6.61. The van der Waals surface area contributed by atoms with Gasteiger partial charge in [0.25, 0.3) is 0 Å². The normalized spacial score (nSPS) is 16.5. The van der Waals surface area contributed by atoms with Crippen LogP contribution < -0.4 is 5.46 Å². The maximum atomic E-state index is 13.2. The van der Waals surface area contributed by atoms with Crippen molar-refractivity contribution in [1.29, 1.82) is 0 Å². The highest BCUT2D eigenvalue weighted by atomic mass is 19.2. The van der Waals surface area contributed by atoms with Crippen LogP contribution in [0.1, 0.15) is 26.2 Å². The van der Waals surface area contributed by atoms with Gasteiger partial charge in [-0.15, -0.1) is 0 Å². The van der Waals surface area contributed by atoms with Crippen molar-refractivity contribution in [1.82, 2.24) is 0 Å². The average Bonchev–Trinajstić information content (AvgIpc) is 2.49. The lowest BCUT2D eigenvalue weighted by molar-refractivity contribution is -0.0431. The van der Waals surface area contributed by atoms with Crippen LogP contribution in [-0.2, 0) is 14.0 Å². The Balaban J connectivity index is 1.84. The van der Waals surface area contributed by atoms with E-state index in [4.69, 9.17) is 14.0 Å². The van der Waals surface area contributed by atoms with Gasteiger partial charge in [-0.25, -0.2) is 13.2 Å². The largest absolute Gasteiger partial charge is 0.494 e. The van der Waals surface area contributed by atoms with Gasteiger partial charge in [0, 0.05) is 6.61 Å². The SMILES string of the molecule is CCCCCOC1COB(c2cc(F)c(F)c(F)c2)OC1. The molecule has 21 heavy (non-hydrogen) atoms. The van der Waals surface area contributed by atoms with Gasteiger partial charge in [0.05, 0.1) is 13.2 Å². The van der Waals surface area contributed by atoms with Crippen molar-refractivity contribution in [3.8, 4) is 0 Å². The van der Waals surface area contributed by atoms with Gasteiger partial charge in [-0.05, 0) is 24.0 Å². The van der Waals surface area contributed by atoms with Crippen molar-refractivity contribution in [2.75, 3.05) is 19.8 Å². The second kappa shape index (κ2) is 7.82. The number of hydrogen-bond acceptors (Lipinski definition) is 3. The minimum atomic E-state index is -1.49. The Labute approximate surface area is 122 Å². The monoisotopic (exact) mass is 302 g/mol. The third kappa shape index (κ3) is 4.46. The Kier molecular flexibility index (Phi) is 6.08. The van der Waals surface area contributed by atoms with Gasteiger partial charge in [-0.1, -0.05) is 19.8 Å². The molecule has 0 N–H and O–H groups in total. The van der Waals surface area contributed by atoms with Crippen molar-refractivity contribution in [2.24, 2.45) is 0 Å². The molecule has 116 valence electrons. The van der Waals surface area contributed by atoms with E-state index in [0.29, 0.717) is 6.61 Å². The third-order valence-corrected chi connectivity index (χ3v) is 3.25. The van der Waals surface area contributed by atoms with Crippen molar-refractivity contribution in [3.05, 3.63) is 29.6 Å². The summed E-state index contributed by atoms with van der Waals surface area (Å²) < 4.78 is 55.5. The second-order valence-electron chi connectivity index (χ2n) is 5.00. The zero-order valence-electron chi connectivity index (χ0n) is 11.9. The lowest BCUT2D eigenvalue weighted by atomic mass is 9.78. The van der Waals surface area contributed by atoms with E-state index in [2.05, 4.69) is 6.92 Å². The molecule has 0 radical (unpaired) electrons. The zero-order chi connectivity index (χ0) is 15.2. The summed E-state index contributed by atoms with van der Waals surface area (Å²) in [6.45, 7) is 3.29. The molecule has 0 aromatic heterocycles. The third-order valence-electron chi connectivity index (χ3n) is 3.25. The maximum absolute atomic E-state index is 13.2. The van der Waals surface area contributed by atoms with Gasteiger partial charge < -0.3 is 14.0 Å². The Bertz CT molecular complexity index is 442. The molecule has 7 heteroatoms.